The van der Waals surface area contributed by atoms with Crippen molar-refractivity contribution in [1.29, 1.82) is 5.26 Å². The molecule has 5 aromatic carbocycles. The molecule has 2 heterocycles. The van der Waals surface area contributed by atoms with Crippen molar-refractivity contribution in [2.75, 3.05) is 0 Å². The maximum absolute atomic E-state index is 9.30. The Morgan fingerprint density at radius 1 is 0.568 bits per heavy atom. The predicted octanol–water partition coefficient (Wildman–Crippen LogP) is 8.54. The van der Waals surface area contributed by atoms with E-state index in [1.54, 1.807) is 6.20 Å². The van der Waals surface area contributed by atoms with E-state index in [-0.39, 0.29) is 0 Å². The van der Waals surface area contributed by atoms with Gasteiger partial charge in [0.1, 0.15) is 6.07 Å². The van der Waals surface area contributed by atoms with Gasteiger partial charge < -0.3 is 4.57 Å². The number of fused-ring (bicyclic) bond motifs is 5. The first-order valence-electron chi connectivity index (χ1n) is 12.3. The predicted molar refractivity (Wildman–Crippen MR) is 152 cm³/mol. The maximum atomic E-state index is 9.30. The second-order valence-electron chi connectivity index (χ2n) is 9.24. The molecule has 7 aromatic rings. The lowest BCUT2D eigenvalue weighted by Gasteiger charge is -2.10. The molecule has 0 aliphatic rings. The van der Waals surface area contributed by atoms with Crippen LogP contribution >= 0.6 is 0 Å². The number of hydrogen-bond acceptors (Lipinski definition) is 2. The lowest BCUT2D eigenvalue weighted by atomic mass is 9.98. The Balaban J connectivity index is 1.48. The third kappa shape index (κ3) is 3.47. The third-order valence-electron chi connectivity index (χ3n) is 7.07. The third-order valence-corrected chi connectivity index (χ3v) is 7.07. The summed E-state index contributed by atoms with van der Waals surface area (Å²) < 4.78 is 2.37. The topological polar surface area (TPSA) is 41.6 Å². The number of benzene rings is 5. The van der Waals surface area contributed by atoms with Crippen LogP contribution < -0.4 is 0 Å². The van der Waals surface area contributed by atoms with Crippen LogP contribution in [-0.4, -0.2) is 9.55 Å². The second kappa shape index (κ2) is 8.48. The molecule has 0 radical (unpaired) electrons. The van der Waals surface area contributed by atoms with Gasteiger partial charge in [-0.1, -0.05) is 78.9 Å². The van der Waals surface area contributed by atoms with Gasteiger partial charge in [-0.15, -0.1) is 0 Å². The molecule has 3 nitrogen and oxygen atoms in total. The van der Waals surface area contributed by atoms with Crippen LogP contribution in [0.25, 0.3) is 60.5 Å². The fourth-order valence-corrected chi connectivity index (χ4v) is 5.36. The van der Waals surface area contributed by atoms with Crippen molar-refractivity contribution < 1.29 is 0 Å². The van der Waals surface area contributed by atoms with Gasteiger partial charge in [-0.3, -0.25) is 4.98 Å². The van der Waals surface area contributed by atoms with Crippen molar-refractivity contribution >= 4 is 32.6 Å². The van der Waals surface area contributed by atoms with Crippen molar-refractivity contribution in [2.45, 2.75) is 0 Å². The Kier molecular flexibility index (Phi) is 4.84. The average molecular weight is 472 g/mol. The molecule has 0 aliphatic carbocycles. The van der Waals surface area contributed by atoms with Crippen LogP contribution in [0.3, 0.4) is 0 Å². The monoisotopic (exact) mass is 471 g/mol. The van der Waals surface area contributed by atoms with Gasteiger partial charge >= 0.3 is 0 Å². The molecule has 172 valence electrons. The fourth-order valence-electron chi connectivity index (χ4n) is 5.36. The standard InChI is InChI=1S/C34H21N3/c35-20-23-17-28(22-36-21-23)26-9-6-8-25(18-26)27-13-15-31-33(19-27)37(29-10-2-1-3-11-29)32-16-14-24-7-4-5-12-30(24)34(31)32/h1-19,21-22H. The molecule has 0 saturated carbocycles. The zero-order valence-electron chi connectivity index (χ0n) is 20.0. The first kappa shape index (κ1) is 21.1. The summed E-state index contributed by atoms with van der Waals surface area (Å²) >= 11 is 0. The van der Waals surface area contributed by atoms with Gasteiger partial charge in [-0.2, -0.15) is 5.26 Å². The van der Waals surface area contributed by atoms with Crippen LogP contribution in [0.5, 0.6) is 0 Å². The lowest BCUT2D eigenvalue weighted by molar-refractivity contribution is 1.18. The second-order valence-corrected chi connectivity index (χ2v) is 9.24. The van der Waals surface area contributed by atoms with Crippen molar-refractivity contribution in [3.63, 3.8) is 0 Å². The Hall–Kier alpha value is -5.20. The molecule has 2 aromatic heterocycles. The molecule has 0 bridgehead atoms. The molecule has 0 saturated heterocycles. The van der Waals surface area contributed by atoms with Crippen LogP contribution in [0.1, 0.15) is 5.56 Å². The number of aromatic nitrogens is 2. The Bertz CT molecular complexity index is 1990. The maximum Gasteiger partial charge on any atom is 0.101 e. The highest BCUT2D eigenvalue weighted by Crippen LogP contribution is 2.39. The van der Waals surface area contributed by atoms with Gasteiger partial charge in [0, 0.05) is 34.4 Å². The normalized spacial score (nSPS) is 11.2. The van der Waals surface area contributed by atoms with Crippen LogP contribution in [0, 0.1) is 11.3 Å². The van der Waals surface area contributed by atoms with E-state index in [1.807, 2.05) is 12.3 Å². The van der Waals surface area contributed by atoms with Crippen molar-refractivity contribution in [1.82, 2.24) is 9.55 Å². The SMILES string of the molecule is N#Cc1cncc(-c2cccc(-c3ccc4c5c6ccccc6ccc5n(-c5ccccc5)c4c3)c2)c1. The largest absolute Gasteiger partial charge is 0.309 e. The van der Waals surface area contributed by atoms with Crippen LogP contribution in [0.2, 0.25) is 0 Å². The molecule has 7 rings (SSSR count). The fraction of sp³-hybridized carbons (Fsp3) is 0. The first-order valence-corrected chi connectivity index (χ1v) is 12.3. The van der Waals surface area contributed by atoms with E-state index in [1.165, 1.54) is 32.6 Å². The molecule has 3 heteroatoms. The number of pyridine rings is 1. The minimum atomic E-state index is 0.559. The Morgan fingerprint density at radius 3 is 2.22 bits per heavy atom. The van der Waals surface area contributed by atoms with Crippen molar-refractivity contribution in [3.8, 4) is 34.0 Å². The highest BCUT2D eigenvalue weighted by Gasteiger charge is 2.16. The summed E-state index contributed by atoms with van der Waals surface area (Å²) in [6, 6.07) is 42.9. The smallest absolute Gasteiger partial charge is 0.101 e. The molecule has 0 atom stereocenters. The molecule has 0 spiro atoms. The molecule has 0 fully saturated rings. The summed E-state index contributed by atoms with van der Waals surface area (Å²) in [7, 11) is 0. The Morgan fingerprint density at radius 2 is 1.35 bits per heavy atom. The van der Waals surface area contributed by atoms with E-state index in [0.29, 0.717) is 5.56 Å². The number of hydrogen-bond donors (Lipinski definition) is 0. The molecule has 0 amide bonds. The minimum absolute atomic E-state index is 0.559. The highest BCUT2D eigenvalue weighted by atomic mass is 15.0. The molecule has 37 heavy (non-hydrogen) atoms. The summed E-state index contributed by atoms with van der Waals surface area (Å²) in [5.41, 5.74) is 8.31. The van der Waals surface area contributed by atoms with E-state index >= 15 is 0 Å². The number of nitriles is 1. The van der Waals surface area contributed by atoms with Gasteiger partial charge in [-0.05, 0) is 63.9 Å². The molecular formula is C34H21N3. The molecular weight excluding hydrogens is 450 g/mol. The van der Waals surface area contributed by atoms with E-state index in [9.17, 15) is 5.26 Å². The summed E-state index contributed by atoms with van der Waals surface area (Å²) in [5, 5.41) is 14.3. The van der Waals surface area contributed by atoms with Crippen LogP contribution in [-0.2, 0) is 0 Å². The molecule has 0 N–H and O–H groups in total. The molecule has 0 unspecified atom stereocenters. The van der Waals surface area contributed by atoms with Gasteiger partial charge in [0.2, 0.25) is 0 Å². The number of rotatable bonds is 3. The van der Waals surface area contributed by atoms with E-state index in [0.717, 1.165) is 27.9 Å². The van der Waals surface area contributed by atoms with Gasteiger partial charge in [0.05, 0.1) is 16.6 Å². The number of nitrogens with zero attached hydrogens (tertiary/aromatic N) is 3. The van der Waals surface area contributed by atoms with Gasteiger partial charge in [0.15, 0.2) is 0 Å². The quantitative estimate of drug-likeness (QED) is 0.259. The van der Waals surface area contributed by atoms with Crippen molar-refractivity contribution in [3.05, 3.63) is 133 Å². The van der Waals surface area contributed by atoms with Crippen molar-refractivity contribution in [2.24, 2.45) is 0 Å². The summed E-state index contributed by atoms with van der Waals surface area (Å²) in [6.07, 6.45) is 3.40. The van der Waals surface area contributed by atoms with Crippen LogP contribution in [0.15, 0.2) is 128 Å². The number of para-hydroxylation sites is 1. The summed E-state index contributed by atoms with van der Waals surface area (Å²) in [5.74, 6) is 0. The van der Waals surface area contributed by atoms with Gasteiger partial charge in [0.25, 0.3) is 0 Å². The van der Waals surface area contributed by atoms with E-state index < -0.39 is 0 Å². The first-order chi connectivity index (χ1) is 18.3. The lowest BCUT2D eigenvalue weighted by Crippen LogP contribution is -1.93. The minimum Gasteiger partial charge on any atom is -0.309 e. The zero-order chi connectivity index (χ0) is 24.8. The average Bonchev–Trinajstić information content (AvgIpc) is 3.32. The molecule has 0 aliphatic heterocycles. The zero-order valence-corrected chi connectivity index (χ0v) is 20.0. The summed E-state index contributed by atoms with van der Waals surface area (Å²) in [4.78, 5) is 4.24. The summed E-state index contributed by atoms with van der Waals surface area (Å²) in [6.45, 7) is 0. The van der Waals surface area contributed by atoms with E-state index in [4.69, 9.17) is 0 Å². The van der Waals surface area contributed by atoms with Gasteiger partial charge in [-0.25, -0.2) is 0 Å². The van der Waals surface area contributed by atoms with E-state index in [2.05, 4.69) is 125 Å². The Labute approximate surface area is 214 Å². The van der Waals surface area contributed by atoms with Crippen LogP contribution in [0.4, 0.5) is 0 Å². The highest BCUT2D eigenvalue weighted by molar-refractivity contribution is 6.21.